The molecule has 32 heavy (non-hydrogen) atoms. The summed E-state index contributed by atoms with van der Waals surface area (Å²) in [5.74, 6) is 4.15. The fourth-order valence-corrected chi connectivity index (χ4v) is 3.86. The van der Waals surface area contributed by atoms with Crippen molar-refractivity contribution in [2.24, 2.45) is 10.9 Å². The van der Waals surface area contributed by atoms with Crippen LogP contribution < -0.4 is 20.1 Å². The fourth-order valence-electron chi connectivity index (χ4n) is 3.86. The number of hydrogen-bond acceptors (Lipinski definition) is 7. The molecule has 0 aliphatic carbocycles. The Bertz CT molecular complexity index is 892. The molecule has 2 aliphatic heterocycles. The monoisotopic (exact) mass is 442 g/mol. The largest absolute Gasteiger partial charge is 0.490 e. The minimum Gasteiger partial charge on any atom is -0.490 e. The average molecular weight is 443 g/mol. The van der Waals surface area contributed by atoms with E-state index in [1.165, 1.54) is 25.9 Å². The van der Waals surface area contributed by atoms with E-state index in [1.807, 2.05) is 18.2 Å². The van der Waals surface area contributed by atoms with Gasteiger partial charge in [0.2, 0.25) is 5.89 Å². The summed E-state index contributed by atoms with van der Waals surface area (Å²) in [5.41, 5.74) is 0.882. The Labute approximate surface area is 189 Å². The van der Waals surface area contributed by atoms with Crippen molar-refractivity contribution in [3.05, 3.63) is 29.9 Å². The molecular formula is C23H34N6O3. The van der Waals surface area contributed by atoms with E-state index in [2.05, 4.69) is 37.6 Å². The molecule has 0 atom stereocenters. The first-order chi connectivity index (χ1) is 15.7. The first-order valence-electron chi connectivity index (χ1n) is 11.6. The highest BCUT2D eigenvalue weighted by Gasteiger charge is 2.15. The second-order valence-corrected chi connectivity index (χ2v) is 8.54. The van der Waals surface area contributed by atoms with E-state index in [1.54, 1.807) is 6.92 Å². The summed E-state index contributed by atoms with van der Waals surface area (Å²) in [5, 5.41) is 10.6. The summed E-state index contributed by atoms with van der Waals surface area (Å²) >= 11 is 0. The molecule has 2 aliphatic rings. The number of guanidine groups is 1. The van der Waals surface area contributed by atoms with Crippen LogP contribution in [0.15, 0.2) is 27.7 Å². The predicted octanol–water partition coefficient (Wildman–Crippen LogP) is 3.22. The third kappa shape index (κ3) is 6.59. The molecule has 9 heteroatoms. The van der Waals surface area contributed by atoms with Crippen LogP contribution in [0.3, 0.4) is 0 Å². The summed E-state index contributed by atoms with van der Waals surface area (Å²) in [6.07, 6.45) is 4.53. The minimum atomic E-state index is 0.310. The number of nitrogens with zero attached hydrogens (tertiary/aromatic N) is 4. The van der Waals surface area contributed by atoms with Gasteiger partial charge in [-0.1, -0.05) is 12.1 Å². The maximum atomic E-state index is 5.81. The molecule has 1 aromatic heterocycles. The molecule has 3 heterocycles. The number of piperidine rings is 1. The molecule has 0 radical (unpaired) electrons. The van der Waals surface area contributed by atoms with Crippen LogP contribution >= 0.6 is 0 Å². The number of likely N-dealkylation sites (tertiary alicyclic amines) is 1. The van der Waals surface area contributed by atoms with E-state index < -0.39 is 0 Å². The van der Waals surface area contributed by atoms with Gasteiger partial charge in [0, 0.05) is 24.7 Å². The van der Waals surface area contributed by atoms with Crippen LogP contribution in [-0.4, -0.2) is 60.4 Å². The summed E-state index contributed by atoms with van der Waals surface area (Å²) in [7, 11) is 0. The number of aliphatic imine (C=N–C) groups is 1. The second-order valence-electron chi connectivity index (χ2n) is 8.54. The zero-order valence-electron chi connectivity index (χ0n) is 19.1. The number of hydrogen-bond donors (Lipinski definition) is 2. The molecule has 0 amide bonds. The lowest BCUT2D eigenvalue weighted by atomic mass is 9.99. The van der Waals surface area contributed by atoms with Gasteiger partial charge in [0.25, 0.3) is 0 Å². The minimum absolute atomic E-state index is 0.310. The van der Waals surface area contributed by atoms with Crippen molar-refractivity contribution in [1.82, 2.24) is 20.4 Å². The van der Waals surface area contributed by atoms with Crippen molar-refractivity contribution >= 4 is 11.6 Å². The van der Waals surface area contributed by atoms with Crippen molar-refractivity contribution in [3.8, 4) is 11.5 Å². The number of rotatable bonds is 7. The molecule has 1 aromatic carbocycles. The first-order valence-corrected chi connectivity index (χ1v) is 11.6. The van der Waals surface area contributed by atoms with E-state index in [9.17, 15) is 0 Å². The van der Waals surface area contributed by atoms with Gasteiger partial charge >= 0.3 is 0 Å². The van der Waals surface area contributed by atoms with Gasteiger partial charge in [-0.3, -0.25) is 0 Å². The lowest BCUT2D eigenvalue weighted by Gasteiger charge is -2.30. The second kappa shape index (κ2) is 11.2. The van der Waals surface area contributed by atoms with E-state index in [0.717, 1.165) is 49.0 Å². The summed E-state index contributed by atoms with van der Waals surface area (Å²) in [6.45, 7) is 10.1. The van der Waals surface area contributed by atoms with Gasteiger partial charge < -0.3 is 29.5 Å². The van der Waals surface area contributed by atoms with Gasteiger partial charge in [-0.2, -0.15) is 4.98 Å². The maximum Gasteiger partial charge on any atom is 0.248 e. The molecule has 2 N–H and O–H groups in total. The quantitative estimate of drug-likeness (QED) is 0.383. The summed E-state index contributed by atoms with van der Waals surface area (Å²) in [4.78, 5) is 11.4. The Balaban J connectivity index is 1.35. The molecule has 0 saturated carbocycles. The smallest absolute Gasteiger partial charge is 0.248 e. The van der Waals surface area contributed by atoms with Gasteiger partial charge in [0.15, 0.2) is 23.3 Å². The Morgan fingerprint density at radius 2 is 2.00 bits per heavy atom. The number of nitrogens with one attached hydrogen (secondary N) is 2. The van der Waals surface area contributed by atoms with Crippen molar-refractivity contribution < 1.29 is 14.0 Å². The topological polar surface area (TPSA) is 97.0 Å². The van der Waals surface area contributed by atoms with Gasteiger partial charge in [-0.05, 0) is 63.9 Å². The van der Waals surface area contributed by atoms with Crippen LogP contribution in [0.25, 0.3) is 0 Å². The van der Waals surface area contributed by atoms with Gasteiger partial charge in [-0.15, -0.1) is 0 Å². The van der Waals surface area contributed by atoms with Crippen LogP contribution in [0.4, 0.5) is 5.69 Å². The van der Waals surface area contributed by atoms with E-state index >= 15 is 0 Å². The maximum absolute atomic E-state index is 5.81. The Hall–Kier alpha value is -2.81. The van der Waals surface area contributed by atoms with Crippen LogP contribution in [0.5, 0.6) is 11.5 Å². The third-order valence-corrected chi connectivity index (χ3v) is 5.77. The van der Waals surface area contributed by atoms with Crippen molar-refractivity contribution in [1.29, 1.82) is 0 Å². The Morgan fingerprint density at radius 1 is 1.19 bits per heavy atom. The summed E-state index contributed by atoms with van der Waals surface area (Å²) in [6, 6.07) is 5.85. The molecule has 174 valence electrons. The third-order valence-electron chi connectivity index (χ3n) is 5.77. The number of ether oxygens (including phenoxy) is 2. The van der Waals surface area contributed by atoms with E-state index in [0.29, 0.717) is 37.4 Å². The number of benzene rings is 1. The van der Waals surface area contributed by atoms with Crippen LogP contribution in [0.2, 0.25) is 0 Å². The van der Waals surface area contributed by atoms with Gasteiger partial charge in [0.05, 0.1) is 13.2 Å². The lowest BCUT2D eigenvalue weighted by molar-refractivity contribution is 0.191. The Morgan fingerprint density at radius 3 is 2.78 bits per heavy atom. The molecule has 1 fully saturated rings. The van der Waals surface area contributed by atoms with Gasteiger partial charge in [-0.25, -0.2) is 4.99 Å². The van der Waals surface area contributed by atoms with Crippen molar-refractivity contribution in [2.75, 3.05) is 44.7 Å². The van der Waals surface area contributed by atoms with E-state index in [4.69, 9.17) is 14.0 Å². The normalized spacial score (nSPS) is 17.8. The molecule has 0 spiro atoms. The van der Waals surface area contributed by atoms with Crippen LogP contribution in [-0.2, 0) is 6.54 Å². The lowest BCUT2D eigenvalue weighted by Crippen LogP contribution is -2.36. The molecule has 9 nitrogen and oxygen atoms in total. The summed E-state index contributed by atoms with van der Waals surface area (Å²) < 4.78 is 16.7. The first kappa shape index (κ1) is 22.4. The highest BCUT2D eigenvalue weighted by molar-refractivity contribution is 5.93. The average Bonchev–Trinajstić information content (AvgIpc) is 3.07. The van der Waals surface area contributed by atoms with Crippen molar-refractivity contribution in [2.45, 2.75) is 46.1 Å². The van der Waals surface area contributed by atoms with Gasteiger partial charge in [0.1, 0.15) is 6.54 Å². The van der Waals surface area contributed by atoms with E-state index in [-0.39, 0.29) is 0 Å². The molecule has 1 saturated heterocycles. The zero-order chi connectivity index (χ0) is 22.2. The number of fused-ring (bicyclic) bond motifs is 1. The Kier molecular flexibility index (Phi) is 7.82. The molecule has 0 bridgehead atoms. The van der Waals surface area contributed by atoms with Crippen LogP contribution in [0.1, 0.15) is 44.3 Å². The number of anilines is 1. The SMILES string of the molecule is Cc1noc(CN=C(NCCCN2CCC(C)CC2)Nc2ccc3c(c2)OCCCO3)n1. The fraction of sp³-hybridized carbons (Fsp3) is 0.609. The number of aromatic nitrogens is 2. The molecule has 4 rings (SSSR count). The predicted molar refractivity (Wildman–Crippen MR) is 123 cm³/mol. The number of aryl methyl sites for hydroxylation is 1. The highest BCUT2D eigenvalue weighted by atomic mass is 16.5. The highest BCUT2D eigenvalue weighted by Crippen LogP contribution is 2.32. The zero-order valence-corrected chi connectivity index (χ0v) is 19.1. The van der Waals surface area contributed by atoms with Crippen LogP contribution in [0, 0.1) is 12.8 Å². The standard InChI is InChI=1S/C23H34N6O3/c1-17-7-11-29(12-8-17)10-3-9-24-23(25-16-22-26-18(2)28-32-22)27-19-5-6-20-21(15-19)31-14-4-13-30-20/h5-6,15,17H,3-4,7-14,16H2,1-2H3,(H2,24,25,27). The molecule has 2 aromatic rings. The molecular weight excluding hydrogens is 408 g/mol. The van der Waals surface area contributed by atoms with Crippen molar-refractivity contribution in [3.63, 3.8) is 0 Å². The molecule has 0 unspecified atom stereocenters.